The van der Waals surface area contributed by atoms with Crippen LogP contribution in [0, 0.1) is 5.41 Å². The van der Waals surface area contributed by atoms with Crippen LogP contribution in [-0.2, 0) is 9.53 Å². The van der Waals surface area contributed by atoms with Crippen molar-refractivity contribution in [2.75, 3.05) is 13.7 Å². The van der Waals surface area contributed by atoms with Crippen LogP contribution in [0.15, 0.2) is 0 Å². The standard InChI is InChI=1S/C12H23NO2/c1-12(2,11(14)15-3)9-13-10-7-5-4-6-8-10/h10,13H,4-9H2,1-3H3. The van der Waals surface area contributed by atoms with E-state index in [1.54, 1.807) is 0 Å². The summed E-state index contributed by atoms with van der Waals surface area (Å²) < 4.78 is 4.78. The molecule has 0 aromatic carbocycles. The average Bonchev–Trinajstić information content (AvgIpc) is 2.27. The Balaban J connectivity index is 2.31. The zero-order valence-electron chi connectivity index (χ0n) is 10.1. The Labute approximate surface area is 92.6 Å². The van der Waals surface area contributed by atoms with Gasteiger partial charge >= 0.3 is 5.97 Å². The van der Waals surface area contributed by atoms with E-state index in [0.29, 0.717) is 12.6 Å². The molecule has 3 nitrogen and oxygen atoms in total. The SMILES string of the molecule is COC(=O)C(C)(C)CNC1CCCCC1. The van der Waals surface area contributed by atoms with Gasteiger partial charge in [0.2, 0.25) is 0 Å². The topological polar surface area (TPSA) is 38.3 Å². The van der Waals surface area contributed by atoms with Gasteiger partial charge in [-0.1, -0.05) is 19.3 Å². The molecular formula is C12H23NO2. The molecule has 0 radical (unpaired) electrons. The van der Waals surface area contributed by atoms with E-state index >= 15 is 0 Å². The second-order valence-corrected chi connectivity index (χ2v) is 5.09. The molecule has 0 aromatic heterocycles. The van der Waals surface area contributed by atoms with Crippen molar-refractivity contribution in [2.45, 2.75) is 52.0 Å². The van der Waals surface area contributed by atoms with Gasteiger partial charge < -0.3 is 10.1 Å². The van der Waals surface area contributed by atoms with Gasteiger partial charge in [0.15, 0.2) is 0 Å². The first-order chi connectivity index (χ1) is 7.06. The highest BCUT2D eigenvalue weighted by Gasteiger charge is 2.29. The summed E-state index contributed by atoms with van der Waals surface area (Å²) in [7, 11) is 1.45. The fraction of sp³-hybridized carbons (Fsp3) is 0.917. The maximum Gasteiger partial charge on any atom is 0.312 e. The van der Waals surface area contributed by atoms with E-state index in [1.807, 2.05) is 13.8 Å². The summed E-state index contributed by atoms with van der Waals surface area (Å²) in [6, 6.07) is 0.600. The molecule has 88 valence electrons. The summed E-state index contributed by atoms with van der Waals surface area (Å²) >= 11 is 0. The van der Waals surface area contributed by atoms with Crippen LogP contribution in [0.5, 0.6) is 0 Å². The molecule has 1 N–H and O–H groups in total. The van der Waals surface area contributed by atoms with Crippen LogP contribution in [0.4, 0.5) is 0 Å². The Kier molecular flexibility index (Phi) is 4.58. The number of nitrogens with one attached hydrogen (secondary N) is 1. The zero-order valence-corrected chi connectivity index (χ0v) is 10.1. The van der Waals surface area contributed by atoms with Crippen molar-refractivity contribution in [2.24, 2.45) is 5.41 Å². The van der Waals surface area contributed by atoms with Crippen LogP contribution in [-0.4, -0.2) is 25.7 Å². The first-order valence-corrected chi connectivity index (χ1v) is 5.88. The second kappa shape index (κ2) is 5.50. The van der Waals surface area contributed by atoms with E-state index in [2.05, 4.69) is 5.32 Å². The van der Waals surface area contributed by atoms with Crippen LogP contribution < -0.4 is 5.32 Å². The number of ether oxygens (including phenoxy) is 1. The fourth-order valence-electron chi connectivity index (χ4n) is 2.05. The third-order valence-electron chi connectivity index (χ3n) is 3.18. The number of rotatable bonds is 4. The van der Waals surface area contributed by atoms with E-state index in [4.69, 9.17) is 4.74 Å². The van der Waals surface area contributed by atoms with Gasteiger partial charge in [-0.2, -0.15) is 0 Å². The van der Waals surface area contributed by atoms with Crippen molar-refractivity contribution in [1.82, 2.24) is 5.32 Å². The number of hydrogen-bond acceptors (Lipinski definition) is 3. The lowest BCUT2D eigenvalue weighted by Gasteiger charge is -2.28. The Hall–Kier alpha value is -0.570. The van der Waals surface area contributed by atoms with Crippen LogP contribution in [0.3, 0.4) is 0 Å². The molecule has 0 bridgehead atoms. The van der Waals surface area contributed by atoms with Crippen molar-refractivity contribution in [3.05, 3.63) is 0 Å². The molecule has 0 atom stereocenters. The Bertz CT molecular complexity index is 208. The number of hydrogen-bond donors (Lipinski definition) is 1. The maximum absolute atomic E-state index is 11.4. The van der Waals surface area contributed by atoms with Crippen LogP contribution in [0.1, 0.15) is 46.0 Å². The third-order valence-corrected chi connectivity index (χ3v) is 3.18. The quantitative estimate of drug-likeness (QED) is 0.727. The maximum atomic E-state index is 11.4. The van der Waals surface area contributed by atoms with E-state index in [-0.39, 0.29) is 5.97 Å². The van der Waals surface area contributed by atoms with Gasteiger partial charge in [0.05, 0.1) is 12.5 Å². The Morgan fingerprint density at radius 3 is 2.47 bits per heavy atom. The molecular weight excluding hydrogens is 190 g/mol. The van der Waals surface area contributed by atoms with Crippen molar-refractivity contribution in [1.29, 1.82) is 0 Å². The minimum Gasteiger partial charge on any atom is -0.469 e. The predicted molar refractivity (Wildman–Crippen MR) is 60.7 cm³/mol. The molecule has 1 saturated carbocycles. The van der Waals surface area contributed by atoms with E-state index in [9.17, 15) is 4.79 Å². The molecule has 0 spiro atoms. The highest BCUT2D eigenvalue weighted by Crippen LogP contribution is 2.20. The average molecular weight is 213 g/mol. The number of methoxy groups -OCH3 is 1. The van der Waals surface area contributed by atoms with Crippen molar-refractivity contribution < 1.29 is 9.53 Å². The first-order valence-electron chi connectivity index (χ1n) is 5.88. The summed E-state index contributed by atoms with van der Waals surface area (Å²) in [6.45, 7) is 4.56. The lowest BCUT2D eigenvalue weighted by molar-refractivity contribution is -0.150. The minimum absolute atomic E-state index is 0.134. The molecule has 0 saturated heterocycles. The van der Waals surface area contributed by atoms with Crippen molar-refractivity contribution in [3.63, 3.8) is 0 Å². The molecule has 0 aliphatic heterocycles. The summed E-state index contributed by atoms with van der Waals surface area (Å²) in [5.41, 5.74) is -0.411. The molecule has 0 aromatic rings. The molecule has 1 rings (SSSR count). The van der Waals surface area contributed by atoms with Gasteiger partial charge in [-0.15, -0.1) is 0 Å². The molecule has 1 aliphatic carbocycles. The van der Waals surface area contributed by atoms with Gasteiger partial charge in [-0.05, 0) is 26.7 Å². The fourth-order valence-corrected chi connectivity index (χ4v) is 2.05. The van der Waals surface area contributed by atoms with Crippen LogP contribution in [0.25, 0.3) is 0 Å². The van der Waals surface area contributed by atoms with Gasteiger partial charge in [0.1, 0.15) is 0 Å². The van der Waals surface area contributed by atoms with E-state index in [1.165, 1.54) is 39.2 Å². The van der Waals surface area contributed by atoms with Gasteiger partial charge in [0.25, 0.3) is 0 Å². The second-order valence-electron chi connectivity index (χ2n) is 5.09. The summed E-state index contributed by atoms with van der Waals surface area (Å²) in [4.78, 5) is 11.4. The number of carbonyl (C=O) groups is 1. The van der Waals surface area contributed by atoms with E-state index in [0.717, 1.165) is 0 Å². The van der Waals surface area contributed by atoms with E-state index < -0.39 is 5.41 Å². The molecule has 1 fully saturated rings. The highest BCUT2D eigenvalue weighted by atomic mass is 16.5. The molecule has 3 heteroatoms. The van der Waals surface area contributed by atoms with Crippen LogP contribution >= 0.6 is 0 Å². The lowest BCUT2D eigenvalue weighted by Crippen LogP contribution is -2.42. The van der Waals surface area contributed by atoms with Crippen molar-refractivity contribution in [3.8, 4) is 0 Å². The largest absolute Gasteiger partial charge is 0.469 e. The van der Waals surface area contributed by atoms with Gasteiger partial charge in [0, 0.05) is 12.6 Å². The molecule has 15 heavy (non-hydrogen) atoms. The summed E-state index contributed by atoms with van der Waals surface area (Å²) in [5.74, 6) is -0.134. The van der Waals surface area contributed by atoms with Crippen LogP contribution in [0.2, 0.25) is 0 Å². The normalized spacial score (nSPS) is 18.9. The predicted octanol–water partition coefficient (Wildman–Crippen LogP) is 2.11. The molecule has 0 unspecified atom stereocenters. The highest BCUT2D eigenvalue weighted by molar-refractivity contribution is 5.76. The summed E-state index contributed by atoms with van der Waals surface area (Å²) in [6.07, 6.45) is 6.49. The zero-order chi connectivity index (χ0) is 11.3. The number of carbonyl (C=O) groups excluding carboxylic acids is 1. The molecule has 1 aliphatic rings. The number of esters is 1. The third kappa shape index (κ3) is 3.82. The Morgan fingerprint density at radius 1 is 1.33 bits per heavy atom. The Morgan fingerprint density at radius 2 is 1.93 bits per heavy atom. The van der Waals surface area contributed by atoms with Gasteiger partial charge in [-0.3, -0.25) is 4.79 Å². The molecule has 0 amide bonds. The minimum atomic E-state index is -0.411. The molecule has 0 heterocycles. The van der Waals surface area contributed by atoms with Gasteiger partial charge in [-0.25, -0.2) is 0 Å². The lowest BCUT2D eigenvalue weighted by atomic mass is 9.91. The summed E-state index contributed by atoms with van der Waals surface area (Å²) in [5, 5.41) is 3.48. The monoisotopic (exact) mass is 213 g/mol. The smallest absolute Gasteiger partial charge is 0.312 e. The van der Waals surface area contributed by atoms with Crippen molar-refractivity contribution >= 4 is 5.97 Å². The first kappa shape index (κ1) is 12.5.